The smallest absolute Gasteiger partial charge is 0.280 e. The third-order valence-electron chi connectivity index (χ3n) is 3.17. The number of hydrogen-bond acceptors (Lipinski definition) is 4. The Morgan fingerprint density at radius 2 is 1.90 bits per heavy atom. The summed E-state index contributed by atoms with van der Waals surface area (Å²) in [5.41, 5.74) is 0.820. The third-order valence-corrected chi connectivity index (χ3v) is 3.17. The number of rotatable bonds is 1. The molecule has 0 saturated heterocycles. The second-order valence-electron chi connectivity index (χ2n) is 4.51. The average Bonchev–Trinajstić information content (AvgIpc) is 2.47. The van der Waals surface area contributed by atoms with E-state index >= 15 is 0 Å². The summed E-state index contributed by atoms with van der Waals surface area (Å²) in [5, 5.41) is 0.398. The molecule has 0 radical (unpaired) electrons. The summed E-state index contributed by atoms with van der Waals surface area (Å²) in [4.78, 5) is 33.0. The molecule has 0 N–H and O–H groups in total. The molecular formula is C14H12N4O2. The van der Waals surface area contributed by atoms with Crippen LogP contribution in [0.4, 0.5) is 0 Å². The number of fused-ring (bicyclic) bond motifs is 1. The molecule has 6 heteroatoms. The van der Waals surface area contributed by atoms with Gasteiger partial charge in [-0.05, 0) is 31.2 Å². The van der Waals surface area contributed by atoms with Gasteiger partial charge in [0.2, 0.25) is 0 Å². The first-order valence-corrected chi connectivity index (χ1v) is 6.09. The van der Waals surface area contributed by atoms with Crippen LogP contribution in [0.3, 0.4) is 0 Å². The van der Waals surface area contributed by atoms with Crippen LogP contribution in [0.25, 0.3) is 16.7 Å². The zero-order valence-electron chi connectivity index (χ0n) is 11.1. The van der Waals surface area contributed by atoms with Crippen molar-refractivity contribution in [3.63, 3.8) is 0 Å². The Kier molecular flexibility index (Phi) is 2.71. The van der Waals surface area contributed by atoms with Crippen LogP contribution in [-0.2, 0) is 7.05 Å². The van der Waals surface area contributed by atoms with Gasteiger partial charge >= 0.3 is 5.69 Å². The number of hydrogen-bond donors (Lipinski definition) is 0. The van der Waals surface area contributed by atoms with Crippen molar-refractivity contribution in [2.45, 2.75) is 6.92 Å². The lowest BCUT2D eigenvalue weighted by Gasteiger charge is -2.09. The molecule has 6 nitrogen and oxygen atoms in total. The number of aromatic nitrogens is 4. The normalized spacial score (nSPS) is 10.9. The summed E-state index contributed by atoms with van der Waals surface area (Å²) in [6, 6.07) is 6.79. The van der Waals surface area contributed by atoms with Crippen LogP contribution in [0.5, 0.6) is 0 Å². The predicted molar refractivity (Wildman–Crippen MR) is 75.1 cm³/mol. The highest BCUT2D eigenvalue weighted by atomic mass is 16.2. The molecule has 0 aliphatic rings. The van der Waals surface area contributed by atoms with Crippen LogP contribution in [-0.4, -0.2) is 19.1 Å². The van der Waals surface area contributed by atoms with Gasteiger partial charge in [-0.25, -0.2) is 14.3 Å². The fourth-order valence-electron chi connectivity index (χ4n) is 2.10. The van der Waals surface area contributed by atoms with Crippen LogP contribution in [0, 0.1) is 6.92 Å². The Morgan fingerprint density at radius 3 is 2.60 bits per heavy atom. The Hall–Kier alpha value is -2.76. The quantitative estimate of drug-likeness (QED) is 0.654. The van der Waals surface area contributed by atoms with E-state index in [1.54, 1.807) is 37.5 Å². The van der Waals surface area contributed by atoms with Crippen LogP contribution in [0.2, 0.25) is 0 Å². The van der Waals surface area contributed by atoms with E-state index in [2.05, 4.69) is 9.97 Å². The van der Waals surface area contributed by atoms with Crippen molar-refractivity contribution in [2.75, 3.05) is 0 Å². The fraction of sp³-hybridized carbons (Fsp3) is 0.143. The highest BCUT2D eigenvalue weighted by Crippen LogP contribution is 2.06. The standard InChI is InChI=1S/C14H12N4O2/c1-9-5-6-10(8-16-9)18-13(19)11-4-3-7-15-12(11)17(2)14(18)20/h3-8H,1-2H3. The van der Waals surface area contributed by atoms with Crippen molar-refractivity contribution in [1.29, 1.82) is 0 Å². The molecule has 0 saturated carbocycles. The van der Waals surface area contributed by atoms with E-state index in [9.17, 15) is 9.59 Å². The molecule has 20 heavy (non-hydrogen) atoms. The lowest BCUT2D eigenvalue weighted by molar-refractivity contribution is 0.762. The van der Waals surface area contributed by atoms with Gasteiger partial charge in [0.05, 0.1) is 17.3 Å². The molecule has 0 aliphatic heterocycles. The largest absolute Gasteiger partial charge is 0.337 e. The van der Waals surface area contributed by atoms with E-state index in [-0.39, 0.29) is 5.56 Å². The van der Waals surface area contributed by atoms with E-state index in [1.807, 2.05) is 6.92 Å². The van der Waals surface area contributed by atoms with Crippen LogP contribution in [0.1, 0.15) is 5.69 Å². The summed E-state index contributed by atoms with van der Waals surface area (Å²) in [7, 11) is 1.59. The second-order valence-corrected chi connectivity index (χ2v) is 4.51. The van der Waals surface area contributed by atoms with Crippen LogP contribution >= 0.6 is 0 Å². The lowest BCUT2D eigenvalue weighted by Crippen LogP contribution is -2.38. The van der Waals surface area contributed by atoms with Crippen molar-refractivity contribution in [1.82, 2.24) is 19.1 Å². The van der Waals surface area contributed by atoms with E-state index in [4.69, 9.17) is 0 Å². The predicted octanol–water partition coefficient (Wildman–Crippen LogP) is 0.788. The van der Waals surface area contributed by atoms with Crippen molar-refractivity contribution in [2.24, 2.45) is 7.05 Å². The minimum atomic E-state index is -0.438. The highest BCUT2D eigenvalue weighted by molar-refractivity contribution is 5.73. The molecule has 0 atom stereocenters. The Bertz CT molecular complexity index is 907. The summed E-state index contributed by atoms with van der Waals surface area (Å²) < 4.78 is 2.47. The monoisotopic (exact) mass is 268 g/mol. The SMILES string of the molecule is Cc1ccc(-n2c(=O)c3cccnc3n(C)c2=O)cn1. The minimum absolute atomic E-state index is 0.374. The third kappa shape index (κ3) is 1.73. The molecule has 3 rings (SSSR count). The Morgan fingerprint density at radius 1 is 1.10 bits per heavy atom. The Balaban J connectivity index is 2.45. The molecular weight excluding hydrogens is 256 g/mol. The maximum absolute atomic E-state index is 12.5. The zero-order valence-corrected chi connectivity index (χ0v) is 11.1. The summed E-state index contributed by atoms with van der Waals surface area (Å²) in [6.45, 7) is 1.84. The molecule has 0 aromatic carbocycles. The van der Waals surface area contributed by atoms with Crippen molar-refractivity contribution in [3.05, 3.63) is 63.2 Å². The molecule has 3 heterocycles. The molecule has 0 unspecified atom stereocenters. The van der Waals surface area contributed by atoms with Gasteiger partial charge in [0.15, 0.2) is 0 Å². The van der Waals surface area contributed by atoms with Crippen molar-refractivity contribution in [3.8, 4) is 5.69 Å². The maximum atomic E-state index is 12.5. The molecule has 0 spiro atoms. The van der Waals surface area contributed by atoms with Gasteiger partial charge in [-0.1, -0.05) is 0 Å². The van der Waals surface area contributed by atoms with Gasteiger partial charge in [0.1, 0.15) is 5.65 Å². The van der Waals surface area contributed by atoms with Gasteiger partial charge in [-0.15, -0.1) is 0 Å². The van der Waals surface area contributed by atoms with Crippen molar-refractivity contribution >= 4 is 11.0 Å². The topological polar surface area (TPSA) is 69.8 Å². The van der Waals surface area contributed by atoms with E-state index < -0.39 is 5.69 Å². The van der Waals surface area contributed by atoms with Gasteiger partial charge in [-0.2, -0.15) is 0 Å². The number of nitrogens with zero attached hydrogens (tertiary/aromatic N) is 4. The summed E-state index contributed by atoms with van der Waals surface area (Å²) >= 11 is 0. The average molecular weight is 268 g/mol. The Labute approximate surface area is 114 Å². The maximum Gasteiger partial charge on any atom is 0.337 e. The molecule has 0 amide bonds. The van der Waals surface area contributed by atoms with Gasteiger partial charge in [-0.3, -0.25) is 14.3 Å². The zero-order chi connectivity index (χ0) is 14.3. The fourth-order valence-corrected chi connectivity index (χ4v) is 2.10. The van der Waals surface area contributed by atoms with Crippen LogP contribution < -0.4 is 11.2 Å². The van der Waals surface area contributed by atoms with Crippen molar-refractivity contribution < 1.29 is 0 Å². The van der Waals surface area contributed by atoms with Gasteiger partial charge in [0, 0.05) is 18.9 Å². The molecule has 0 bridgehead atoms. The lowest BCUT2D eigenvalue weighted by atomic mass is 10.3. The van der Waals surface area contributed by atoms with Gasteiger partial charge < -0.3 is 0 Å². The molecule has 3 aromatic rings. The van der Waals surface area contributed by atoms with E-state index in [0.29, 0.717) is 16.7 Å². The van der Waals surface area contributed by atoms with E-state index in [0.717, 1.165) is 10.3 Å². The van der Waals surface area contributed by atoms with Crippen LogP contribution in [0.15, 0.2) is 46.2 Å². The number of aryl methyl sites for hydroxylation is 2. The highest BCUT2D eigenvalue weighted by Gasteiger charge is 2.12. The molecule has 0 fully saturated rings. The minimum Gasteiger partial charge on any atom is -0.280 e. The first-order valence-electron chi connectivity index (χ1n) is 6.09. The summed E-state index contributed by atoms with van der Waals surface area (Å²) in [5.74, 6) is 0. The van der Waals surface area contributed by atoms with E-state index in [1.165, 1.54) is 10.8 Å². The first kappa shape index (κ1) is 12.3. The van der Waals surface area contributed by atoms with Gasteiger partial charge in [0.25, 0.3) is 5.56 Å². The summed E-state index contributed by atoms with van der Waals surface area (Å²) in [6.07, 6.45) is 3.07. The molecule has 3 aromatic heterocycles. The second kappa shape index (κ2) is 4.41. The molecule has 100 valence electrons. The number of pyridine rings is 2. The first-order chi connectivity index (χ1) is 9.59. The molecule has 0 aliphatic carbocycles.